The molecule has 1 heterocycles. The highest BCUT2D eigenvalue weighted by atomic mass is 16.7. The van der Waals surface area contributed by atoms with E-state index in [1.54, 1.807) is 64.5 Å². The Balaban J connectivity index is 1.54. The first kappa shape index (κ1) is 24.3. The number of esters is 1. The van der Waals surface area contributed by atoms with Gasteiger partial charge >= 0.3 is 5.97 Å². The number of anilines is 1. The molecule has 0 spiro atoms. The van der Waals surface area contributed by atoms with E-state index in [1.165, 1.54) is 0 Å². The summed E-state index contributed by atoms with van der Waals surface area (Å²) in [4.78, 5) is 24.3. The number of amides is 1. The summed E-state index contributed by atoms with van der Waals surface area (Å²) in [5.74, 6) is 1.01. The van der Waals surface area contributed by atoms with Crippen LogP contribution >= 0.6 is 0 Å². The standard InChI is InChI=1S/C24H29NO8/c1-5-30-21(26)13-31-18-9-7-17(8-10-18)25-23(27)24(2)14-32-22(33-15-24)16-6-11-19(28-3)20(12-16)29-4/h6-12,22H,5,13-15H2,1-4H3,(H,25,27). The van der Waals surface area contributed by atoms with Crippen LogP contribution in [0.5, 0.6) is 17.2 Å². The van der Waals surface area contributed by atoms with Gasteiger partial charge in [-0.2, -0.15) is 0 Å². The fraction of sp³-hybridized carbons (Fsp3) is 0.417. The molecule has 0 aromatic heterocycles. The highest BCUT2D eigenvalue weighted by Crippen LogP contribution is 2.36. The van der Waals surface area contributed by atoms with Gasteiger partial charge in [0.1, 0.15) is 5.75 Å². The third-order valence-corrected chi connectivity index (χ3v) is 5.11. The van der Waals surface area contributed by atoms with E-state index >= 15 is 0 Å². The second-order valence-electron chi connectivity index (χ2n) is 7.70. The van der Waals surface area contributed by atoms with Gasteiger partial charge in [-0.1, -0.05) is 6.07 Å². The molecule has 1 aliphatic rings. The Labute approximate surface area is 192 Å². The van der Waals surface area contributed by atoms with Crippen molar-refractivity contribution in [2.24, 2.45) is 5.41 Å². The van der Waals surface area contributed by atoms with Gasteiger partial charge in [0.25, 0.3) is 0 Å². The molecule has 1 saturated heterocycles. The molecule has 0 unspecified atom stereocenters. The Kier molecular flexibility index (Phi) is 8.13. The van der Waals surface area contributed by atoms with E-state index in [2.05, 4.69) is 5.32 Å². The van der Waals surface area contributed by atoms with Crippen LogP contribution < -0.4 is 19.5 Å². The van der Waals surface area contributed by atoms with Crippen LogP contribution in [0.15, 0.2) is 42.5 Å². The van der Waals surface area contributed by atoms with Crippen molar-refractivity contribution in [3.05, 3.63) is 48.0 Å². The highest BCUT2D eigenvalue weighted by molar-refractivity contribution is 5.95. The Morgan fingerprint density at radius 3 is 2.30 bits per heavy atom. The first-order chi connectivity index (χ1) is 15.9. The van der Waals surface area contributed by atoms with E-state index < -0.39 is 17.7 Å². The van der Waals surface area contributed by atoms with Crippen LogP contribution in [0.4, 0.5) is 5.69 Å². The predicted molar refractivity (Wildman–Crippen MR) is 119 cm³/mol. The van der Waals surface area contributed by atoms with Gasteiger partial charge in [-0.15, -0.1) is 0 Å². The van der Waals surface area contributed by atoms with E-state index in [0.29, 0.717) is 29.5 Å². The van der Waals surface area contributed by atoms with Crippen LogP contribution in [0.25, 0.3) is 0 Å². The molecule has 2 aromatic rings. The molecule has 1 aliphatic heterocycles. The molecule has 1 fully saturated rings. The number of nitrogens with one attached hydrogen (secondary N) is 1. The van der Waals surface area contributed by atoms with Gasteiger partial charge in [-0.3, -0.25) is 4.79 Å². The third kappa shape index (κ3) is 6.15. The molecule has 0 atom stereocenters. The average Bonchev–Trinajstić information content (AvgIpc) is 2.83. The summed E-state index contributed by atoms with van der Waals surface area (Å²) >= 11 is 0. The lowest BCUT2D eigenvalue weighted by molar-refractivity contribution is -0.226. The van der Waals surface area contributed by atoms with Crippen LogP contribution in [0.2, 0.25) is 0 Å². The first-order valence-corrected chi connectivity index (χ1v) is 10.5. The second kappa shape index (κ2) is 11.0. The van der Waals surface area contributed by atoms with Gasteiger partial charge in [-0.05, 0) is 50.2 Å². The van der Waals surface area contributed by atoms with Crippen LogP contribution in [0.1, 0.15) is 25.7 Å². The molecule has 0 aliphatic carbocycles. The lowest BCUT2D eigenvalue weighted by atomic mass is 9.90. The number of rotatable bonds is 9. The van der Waals surface area contributed by atoms with Crippen LogP contribution in [-0.4, -0.2) is 52.5 Å². The molecule has 33 heavy (non-hydrogen) atoms. The molecule has 1 amide bonds. The maximum Gasteiger partial charge on any atom is 0.344 e. The molecule has 178 valence electrons. The van der Waals surface area contributed by atoms with E-state index in [0.717, 1.165) is 5.56 Å². The molecule has 0 saturated carbocycles. The minimum absolute atomic E-state index is 0.173. The van der Waals surface area contributed by atoms with E-state index in [1.807, 2.05) is 6.07 Å². The third-order valence-electron chi connectivity index (χ3n) is 5.11. The number of carbonyl (C=O) groups is 2. The van der Waals surface area contributed by atoms with Crippen molar-refractivity contribution >= 4 is 17.6 Å². The van der Waals surface area contributed by atoms with Gasteiger partial charge in [0.2, 0.25) is 5.91 Å². The van der Waals surface area contributed by atoms with E-state index in [9.17, 15) is 9.59 Å². The van der Waals surface area contributed by atoms with Crippen LogP contribution in [0.3, 0.4) is 0 Å². The highest BCUT2D eigenvalue weighted by Gasteiger charge is 2.40. The fourth-order valence-electron chi connectivity index (χ4n) is 3.19. The molecular formula is C24H29NO8. The van der Waals surface area contributed by atoms with Crippen molar-refractivity contribution < 1.29 is 38.0 Å². The Morgan fingerprint density at radius 1 is 1.03 bits per heavy atom. The zero-order chi connectivity index (χ0) is 23.8. The minimum Gasteiger partial charge on any atom is -0.493 e. The number of methoxy groups -OCH3 is 2. The SMILES string of the molecule is CCOC(=O)COc1ccc(NC(=O)C2(C)COC(c3ccc(OC)c(OC)c3)OC2)cc1. The summed E-state index contributed by atoms with van der Waals surface area (Å²) in [5.41, 5.74) is 0.492. The Morgan fingerprint density at radius 2 is 1.70 bits per heavy atom. The minimum atomic E-state index is -0.869. The van der Waals surface area contributed by atoms with Crippen molar-refractivity contribution in [3.63, 3.8) is 0 Å². The Hall–Kier alpha value is -3.30. The predicted octanol–water partition coefficient (Wildman–Crippen LogP) is 3.34. The molecule has 2 aromatic carbocycles. The van der Waals surface area contributed by atoms with Crippen molar-refractivity contribution in [3.8, 4) is 17.2 Å². The van der Waals surface area contributed by atoms with E-state index in [4.69, 9.17) is 28.4 Å². The van der Waals surface area contributed by atoms with Crippen molar-refractivity contribution in [1.82, 2.24) is 0 Å². The summed E-state index contributed by atoms with van der Waals surface area (Å²) < 4.78 is 32.5. The monoisotopic (exact) mass is 459 g/mol. The molecule has 9 heteroatoms. The number of hydrogen-bond acceptors (Lipinski definition) is 8. The van der Waals surface area contributed by atoms with Gasteiger partial charge in [-0.25, -0.2) is 4.79 Å². The van der Waals surface area contributed by atoms with Crippen molar-refractivity contribution in [2.75, 3.05) is 46.0 Å². The molecule has 0 bridgehead atoms. The maximum absolute atomic E-state index is 12.9. The molecule has 9 nitrogen and oxygen atoms in total. The van der Waals surface area contributed by atoms with E-state index in [-0.39, 0.29) is 25.7 Å². The zero-order valence-corrected chi connectivity index (χ0v) is 19.2. The molecule has 0 radical (unpaired) electrons. The van der Waals surface area contributed by atoms with Gasteiger partial charge in [0.15, 0.2) is 24.4 Å². The quantitative estimate of drug-likeness (QED) is 0.570. The van der Waals surface area contributed by atoms with Gasteiger partial charge in [0.05, 0.1) is 39.5 Å². The van der Waals surface area contributed by atoms with Crippen molar-refractivity contribution in [1.29, 1.82) is 0 Å². The van der Waals surface area contributed by atoms with Crippen LogP contribution in [-0.2, 0) is 23.8 Å². The summed E-state index contributed by atoms with van der Waals surface area (Å²) in [6, 6.07) is 12.1. The fourth-order valence-corrected chi connectivity index (χ4v) is 3.19. The summed E-state index contributed by atoms with van der Waals surface area (Å²) in [6.07, 6.45) is -0.610. The Bertz CT molecular complexity index is 951. The maximum atomic E-state index is 12.9. The average molecular weight is 459 g/mol. The number of benzene rings is 2. The molecular weight excluding hydrogens is 430 g/mol. The number of carbonyl (C=O) groups excluding carboxylic acids is 2. The topological polar surface area (TPSA) is 102 Å². The second-order valence-corrected chi connectivity index (χ2v) is 7.70. The lowest BCUT2D eigenvalue weighted by Crippen LogP contribution is -2.45. The van der Waals surface area contributed by atoms with Gasteiger partial charge < -0.3 is 33.7 Å². The van der Waals surface area contributed by atoms with Crippen LogP contribution in [0, 0.1) is 5.41 Å². The molecule has 1 N–H and O–H groups in total. The lowest BCUT2D eigenvalue weighted by Gasteiger charge is -2.36. The molecule has 3 rings (SSSR count). The smallest absolute Gasteiger partial charge is 0.344 e. The summed E-state index contributed by atoms with van der Waals surface area (Å²) in [7, 11) is 3.13. The summed E-state index contributed by atoms with van der Waals surface area (Å²) in [6.45, 7) is 4.00. The largest absolute Gasteiger partial charge is 0.493 e. The first-order valence-electron chi connectivity index (χ1n) is 10.5. The normalized spacial score (nSPS) is 19.9. The van der Waals surface area contributed by atoms with Crippen molar-refractivity contribution in [2.45, 2.75) is 20.1 Å². The number of ether oxygens (including phenoxy) is 6. The number of hydrogen-bond donors (Lipinski definition) is 1. The summed E-state index contributed by atoms with van der Waals surface area (Å²) in [5, 5.41) is 2.87. The van der Waals surface area contributed by atoms with Gasteiger partial charge in [0, 0.05) is 11.3 Å². The zero-order valence-electron chi connectivity index (χ0n) is 19.2.